The van der Waals surface area contributed by atoms with Gasteiger partial charge >= 0.3 is 5.69 Å². The highest BCUT2D eigenvalue weighted by Crippen LogP contribution is 2.07. The fraction of sp³-hybridized carbons (Fsp3) is 0.333. The molecule has 1 amide bonds. The highest BCUT2D eigenvalue weighted by Gasteiger charge is 2.13. The molecule has 2 rings (SSSR count). The topological polar surface area (TPSA) is 102 Å². The van der Waals surface area contributed by atoms with Crippen molar-refractivity contribution in [1.82, 2.24) is 19.1 Å². The molecule has 0 radical (unpaired) electrons. The minimum Gasteiger partial charge on any atom is -0.318 e. The minimum atomic E-state index is -0.479. The summed E-state index contributed by atoms with van der Waals surface area (Å²) >= 11 is 0. The summed E-state index contributed by atoms with van der Waals surface area (Å²) in [4.78, 5) is 40.9. The number of nitrogens with one attached hydrogen (secondary N) is 2. The van der Waals surface area contributed by atoms with Gasteiger partial charge in [0.2, 0.25) is 11.9 Å². The van der Waals surface area contributed by atoms with Crippen LogP contribution in [-0.4, -0.2) is 25.0 Å². The van der Waals surface area contributed by atoms with Gasteiger partial charge in [-0.1, -0.05) is 0 Å². The summed E-state index contributed by atoms with van der Waals surface area (Å²) in [6.45, 7) is 1.32. The van der Waals surface area contributed by atoms with Gasteiger partial charge in [0.15, 0.2) is 11.2 Å². The molecule has 0 bridgehead atoms. The summed E-state index contributed by atoms with van der Waals surface area (Å²) in [7, 11) is 2.88. The number of nitrogens with zero attached hydrogens (tertiary/aromatic N) is 3. The molecule has 0 atom stereocenters. The second-order valence-corrected chi connectivity index (χ2v) is 3.67. The monoisotopic (exact) mass is 237 g/mol. The van der Waals surface area contributed by atoms with Gasteiger partial charge in [0.25, 0.3) is 5.56 Å². The van der Waals surface area contributed by atoms with Crippen LogP contribution in [0.4, 0.5) is 5.95 Å². The van der Waals surface area contributed by atoms with Crippen molar-refractivity contribution >= 4 is 23.0 Å². The largest absolute Gasteiger partial charge is 0.332 e. The van der Waals surface area contributed by atoms with Crippen LogP contribution >= 0.6 is 0 Å². The Bertz CT molecular complexity index is 721. The van der Waals surface area contributed by atoms with E-state index >= 15 is 0 Å². The van der Waals surface area contributed by atoms with Crippen molar-refractivity contribution in [2.75, 3.05) is 5.32 Å². The number of rotatable bonds is 1. The SMILES string of the molecule is CC(=O)Nc1nc2c([nH]1)c(=O)n(C)c(=O)n2C. The lowest BCUT2D eigenvalue weighted by Crippen LogP contribution is -2.36. The lowest BCUT2D eigenvalue weighted by atomic mass is 10.5. The van der Waals surface area contributed by atoms with Gasteiger partial charge in [0, 0.05) is 21.0 Å². The first kappa shape index (κ1) is 11.1. The third-order valence-corrected chi connectivity index (χ3v) is 2.39. The van der Waals surface area contributed by atoms with Crippen molar-refractivity contribution in [2.45, 2.75) is 6.92 Å². The number of hydrogen-bond acceptors (Lipinski definition) is 4. The van der Waals surface area contributed by atoms with Gasteiger partial charge in [-0.15, -0.1) is 0 Å². The summed E-state index contributed by atoms with van der Waals surface area (Å²) in [5, 5.41) is 2.42. The third kappa shape index (κ3) is 1.63. The van der Waals surface area contributed by atoms with Crippen molar-refractivity contribution in [3.63, 3.8) is 0 Å². The van der Waals surface area contributed by atoms with Gasteiger partial charge in [-0.25, -0.2) is 4.79 Å². The van der Waals surface area contributed by atoms with Crippen LogP contribution in [0, 0.1) is 0 Å². The van der Waals surface area contributed by atoms with Crippen LogP contribution in [0.15, 0.2) is 9.59 Å². The van der Waals surface area contributed by atoms with Gasteiger partial charge in [-0.05, 0) is 0 Å². The predicted molar refractivity (Wildman–Crippen MR) is 60.9 cm³/mol. The zero-order valence-electron chi connectivity index (χ0n) is 9.57. The van der Waals surface area contributed by atoms with E-state index in [-0.39, 0.29) is 23.0 Å². The molecule has 0 aliphatic carbocycles. The first-order valence-corrected chi connectivity index (χ1v) is 4.85. The quantitative estimate of drug-likeness (QED) is 0.658. The molecule has 0 aromatic carbocycles. The number of aromatic amines is 1. The van der Waals surface area contributed by atoms with E-state index in [0.29, 0.717) is 0 Å². The molecule has 2 aromatic rings. The minimum absolute atomic E-state index is 0.144. The maximum absolute atomic E-state index is 11.8. The molecule has 0 spiro atoms. The molecule has 2 aromatic heterocycles. The van der Waals surface area contributed by atoms with Gasteiger partial charge in [0.05, 0.1) is 0 Å². The van der Waals surface area contributed by atoms with E-state index in [0.717, 1.165) is 4.57 Å². The second kappa shape index (κ2) is 3.58. The van der Waals surface area contributed by atoms with Crippen molar-refractivity contribution in [1.29, 1.82) is 0 Å². The molecular formula is C9H11N5O3. The van der Waals surface area contributed by atoms with Crippen LogP contribution in [-0.2, 0) is 18.9 Å². The maximum atomic E-state index is 11.8. The number of carbonyl (C=O) groups excluding carboxylic acids is 1. The number of carbonyl (C=O) groups is 1. The number of fused-ring (bicyclic) bond motifs is 1. The fourth-order valence-electron chi connectivity index (χ4n) is 1.55. The van der Waals surface area contributed by atoms with Crippen LogP contribution in [0.5, 0.6) is 0 Å². The molecule has 2 N–H and O–H groups in total. The Morgan fingerprint density at radius 2 is 1.94 bits per heavy atom. The van der Waals surface area contributed by atoms with Gasteiger partial charge < -0.3 is 4.98 Å². The summed E-state index contributed by atoms with van der Waals surface area (Å²) in [5.74, 6) is -0.170. The highest BCUT2D eigenvalue weighted by molar-refractivity contribution is 5.88. The Balaban J connectivity index is 2.82. The molecule has 0 aliphatic rings. The molecule has 8 nitrogen and oxygen atoms in total. The Hall–Kier alpha value is -2.38. The van der Waals surface area contributed by atoms with E-state index in [1.807, 2.05) is 0 Å². The van der Waals surface area contributed by atoms with Crippen molar-refractivity contribution in [3.8, 4) is 0 Å². The molecule has 8 heteroatoms. The molecule has 0 saturated heterocycles. The number of aryl methyl sites for hydroxylation is 1. The number of aromatic nitrogens is 4. The summed E-state index contributed by atoms with van der Waals surface area (Å²) in [5.41, 5.74) is -0.559. The van der Waals surface area contributed by atoms with Crippen molar-refractivity contribution in [2.24, 2.45) is 14.1 Å². The van der Waals surface area contributed by atoms with E-state index in [4.69, 9.17) is 0 Å². The lowest BCUT2D eigenvalue weighted by Gasteiger charge is -2.00. The zero-order chi connectivity index (χ0) is 12.7. The highest BCUT2D eigenvalue weighted by atomic mass is 16.2. The van der Waals surface area contributed by atoms with Gasteiger partial charge in [-0.3, -0.25) is 24.0 Å². The molecular weight excluding hydrogens is 226 g/mol. The molecule has 90 valence electrons. The number of anilines is 1. The molecule has 0 saturated carbocycles. The third-order valence-electron chi connectivity index (χ3n) is 2.39. The Labute approximate surface area is 94.9 Å². The summed E-state index contributed by atoms with van der Waals surface area (Å²) in [6, 6.07) is 0. The van der Waals surface area contributed by atoms with E-state index in [2.05, 4.69) is 15.3 Å². The van der Waals surface area contributed by atoms with E-state index in [1.54, 1.807) is 0 Å². The lowest BCUT2D eigenvalue weighted by molar-refractivity contribution is -0.114. The molecule has 0 fully saturated rings. The predicted octanol–water partition coefficient (Wildman–Crippen LogP) is -1.08. The van der Waals surface area contributed by atoms with Crippen LogP contribution in [0.1, 0.15) is 6.92 Å². The Morgan fingerprint density at radius 1 is 1.29 bits per heavy atom. The first-order chi connectivity index (χ1) is 7.91. The average Bonchev–Trinajstić information content (AvgIpc) is 2.66. The van der Waals surface area contributed by atoms with Crippen LogP contribution in [0.25, 0.3) is 11.2 Å². The van der Waals surface area contributed by atoms with Crippen LogP contribution in [0.3, 0.4) is 0 Å². The zero-order valence-corrected chi connectivity index (χ0v) is 9.57. The van der Waals surface area contributed by atoms with Crippen LogP contribution < -0.4 is 16.6 Å². The summed E-state index contributed by atoms with van der Waals surface area (Å²) in [6.07, 6.45) is 0. The fourth-order valence-corrected chi connectivity index (χ4v) is 1.55. The number of hydrogen-bond donors (Lipinski definition) is 2. The molecule has 17 heavy (non-hydrogen) atoms. The van der Waals surface area contributed by atoms with Crippen LogP contribution in [0.2, 0.25) is 0 Å². The Kier molecular flexibility index (Phi) is 2.34. The van der Waals surface area contributed by atoms with E-state index in [9.17, 15) is 14.4 Å². The van der Waals surface area contributed by atoms with E-state index < -0.39 is 11.2 Å². The van der Waals surface area contributed by atoms with Crippen molar-refractivity contribution < 1.29 is 4.79 Å². The van der Waals surface area contributed by atoms with Gasteiger partial charge in [-0.2, -0.15) is 4.98 Å². The molecule has 0 aliphatic heterocycles. The van der Waals surface area contributed by atoms with E-state index in [1.165, 1.54) is 25.6 Å². The maximum Gasteiger partial charge on any atom is 0.332 e. The van der Waals surface area contributed by atoms with Crippen molar-refractivity contribution in [3.05, 3.63) is 20.8 Å². The number of imidazole rings is 1. The van der Waals surface area contributed by atoms with Gasteiger partial charge in [0.1, 0.15) is 0 Å². The normalized spacial score (nSPS) is 10.8. The smallest absolute Gasteiger partial charge is 0.318 e. The Morgan fingerprint density at radius 3 is 2.53 bits per heavy atom. The molecule has 2 heterocycles. The number of H-pyrrole nitrogens is 1. The average molecular weight is 237 g/mol. The standard InChI is InChI=1S/C9H11N5O3/c1-4(15)10-8-11-5-6(12-8)13(2)9(17)14(3)7(5)16/h1-3H3,(H2,10,11,12,15). The first-order valence-electron chi connectivity index (χ1n) is 4.85. The summed E-state index contributed by atoms with van der Waals surface area (Å²) < 4.78 is 2.20. The number of amides is 1. The second-order valence-electron chi connectivity index (χ2n) is 3.67. The molecule has 0 unspecified atom stereocenters.